The van der Waals surface area contributed by atoms with Crippen molar-refractivity contribution in [3.8, 4) is 0 Å². The van der Waals surface area contributed by atoms with Gasteiger partial charge in [-0.25, -0.2) is 4.39 Å². The molecule has 1 nitrogen and oxygen atoms in total. The van der Waals surface area contributed by atoms with E-state index in [2.05, 4.69) is 19.2 Å². The van der Waals surface area contributed by atoms with Crippen molar-refractivity contribution in [1.29, 1.82) is 0 Å². The second-order valence-corrected chi connectivity index (χ2v) is 6.36. The molecule has 0 aliphatic heterocycles. The normalized spacial score (nSPS) is 14.5. The predicted octanol–water partition coefficient (Wildman–Crippen LogP) is 4.14. The number of rotatable bonds is 7. The van der Waals surface area contributed by atoms with Crippen LogP contribution in [0.1, 0.15) is 25.8 Å². The van der Waals surface area contributed by atoms with E-state index in [4.69, 9.17) is 11.6 Å². The highest BCUT2D eigenvalue weighted by atomic mass is 35.5. The van der Waals surface area contributed by atoms with Gasteiger partial charge < -0.3 is 5.32 Å². The maximum absolute atomic E-state index is 13.2. The number of likely N-dealkylation sites (N-methyl/N-ethyl adjacent to an activating group) is 1. The summed E-state index contributed by atoms with van der Waals surface area (Å²) in [5.74, 6) is 0.789. The summed E-state index contributed by atoms with van der Waals surface area (Å²) in [5, 5.41) is 4.57. The van der Waals surface area contributed by atoms with Crippen molar-refractivity contribution >= 4 is 23.4 Å². The van der Waals surface area contributed by atoms with Crippen molar-refractivity contribution in [2.24, 2.45) is 0 Å². The first kappa shape index (κ1) is 15.8. The Balaban J connectivity index is 2.59. The van der Waals surface area contributed by atoms with E-state index < -0.39 is 0 Å². The summed E-state index contributed by atoms with van der Waals surface area (Å²) in [4.78, 5) is 0. The minimum absolute atomic E-state index is 0.223. The Labute approximate surface area is 118 Å². The minimum atomic E-state index is -0.223. The zero-order valence-electron chi connectivity index (χ0n) is 11.2. The van der Waals surface area contributed by atoms with Gasteiger partial charge >= 0.3 is 0 Å². The first-order valence-electron chi connectivity index (χ1n) is 6.29. The van der Waals surface area contributed by atoms with Gasteiger partial charge in [0.25, 0.3) is 0 Å². The van der Waals surface area contributed by atoms with Crippen LogP contribution in [-0.4, -0.2) is 24.1 Å². The van der Waals surface area contributed by atoms with E-state index in [1.807, 2.05) is 18.8 Å². The molecule has 0 radical (unpaired) electrons. The summed E-state index contributed by atoms with van der Waals surface area (Å²) in [6.45, 7) is 4.42. The van der Waals surface area contributed by atoms with Crippen LogP contribution in [0, 0.1) is 5.82 Å². The summed E-state index contributed by atoms with van der Waals surface area (Å²) in [6, 6.07) is 4.87. The largest absolute Gasteiger partial charge is 0.316 e. The van der Waals surface area contributed by atoms with Gasteiger partial charge in [-0.15, -0.1) is 0 Å². The predicted molar refractivity (Wildman–Crippen MR) is 80.2 cm³/mol. The fraction of sp³-hybridized carbons (Fsp3) is 0.571. The third-order valence-corrected chi connectivity index (χ3v) is 4.91. The Morgan fingerprint density at radius 1 is 1.44 bits per heavy atom. The molecular weight excluding hydrogens is 269 g/mol. The molecule has 102 valence electrons. The van der Waals surface area contributed by atoms with Crippen molar-refractivity contribution < 1.29 is 4.39 Å². The van der Waals surface area contributed by atoms with Crippen LogP contribution in [0.25, 0.3) is 0 Å². The second kappa shape index (κ2) is 8.03. The Morgan fingerprint density at radius 2 is 2.17 bits per heavy atom. The molecule has 0 saturated heterocycles. The van der Waals surface area contributed by atoms with Crippen molar-refractivity contribution in [3.05, 3.63) is 34.6 Å². The molecule has 1 rings (SSSR count). The molecule has 0 saturated carbocycles. The summed E-state index contributed by atoms with van der Waals surface area (Å²) in [5.41, 5.74) is 0.876. The molecule has 2 atom stereocenters. The molecule has 1 N–H and O–H groups in total. The fourth-order valence-corrected chi connectivity index (χ4v) is 2.88. The molecular formula is C14H21ClFNS. The first-order chi connectivity index (χ1) is 8.56. The van der Waals surface area contributed by atoms with Gasteiger partial charge in [0.2, 0.25) is 0 Å². The fourth-order valence-electron chi connectivity index (χ4n) is 1.61. The van der Waals surface area contributed by atoms with Crippen LogP contribution >= 0.6 is 23.4 Å². The molecule has 1 aromatic carbocycles. The Bertz CT molecular complexity index is 373. The number of benzene rings is 1. The summed E-state index contributed by atoms with van der Waals surface area (Å²) in [7, 11) is 1.94. The van der Waals surface area contributed by atoms with E-state index in [1.54, 1.807) is 6.07 Å². The number of halogens is 2. The number of hydrogen-bond acceptors (Lipinski definition) is 2. The third kappa shape index (κ3) is 5.17. The molecule has 0 spiro atoms. The molecule has 18 heavy (non-hydrogen) atoms. The molecule has 0 aromatic heterocycles. The van der Waals surface area contributed by atoms with E-state index in [9.17, 15) is 4.39 Å². The molecule has 4 heteroatoms. The van der Waals surface area contributed by atoms with Crippen molar-refractivity contribution in [1.82, 2.24) is 5.32 Å². The lowest BCUT2D eigenvalue weighted by molar-refractivity contribution is 0.602. The van der Waals surface area contributed by atoms with Crippen LogP contribution in [0.2, 0.25) is 5.02 Å². The van der Waals surface area contributed by atoms with Gasteiger partial charge in [0, 0.05) is 22.1 Å². The smallest absolute Gasteiger partial charge is 0.123 e. The summed E-state index contributed by atoms with van der Waals surface area (Å²) >= 11 is 8.03. The minimum Gasteiger partial charge on any atom is -0.316 e. The molecule has 1 aromatic rings. The van der Waals surface area contributed by atoms with E-state index in [1.165, 1.54) is 18.6 Å². The van der Waals surface area contributed by atoms with Crippen molar-refractivity contribution in [2.45, 2.75) is 38.0 Å². The maximum atomic E-state index is 13.2. The first-order valence-corrected chi connectivity index (χ1v) is 7.72. The van der Waals surface area contributed by atoms with E-state index in [-0.39, 0.29) is 5.82 Å². The lowest BCUT2D eigenvalue weighted by Crippen LogP contribution is -2.30. The van der Waals surface area contributed by atoms with Crippen LogP contribution in [-0.2, 0) is 6.42 Å². The van der Waals surface area contributed by atoms with Gasteiger partial charge in [0.05, 0.1) is 0 Å². The van der Waals surface area contributed by atoms with Gasteiger partial charge in [0.1, 0.15) is 5.82 Å². The Morgan fingerprint density at radius 3 is 2.78 bits per heavy atom. The number of thioether (sulfide) groups is 1. The highest BCUT2D eigenvalue weighted by Gasteiger charge is 2.12. The summed E-state index contributed by atoms with van der Waals surface area (Å²) in [6.07, 6.45) is 1.93. The standard InChI is InChI=1S/C14H21ClFNS/c1-4-10(2)18-9-13(17-3)8-11-7-12(16)5-6-14(11)15/h5-7,10,13,17H,4,8-9H2,1-3H3. The Kier molecular flexibility index (Phi) is 7.05. The van der Waals surface area contributed by atoms with Crippen LogP contribution in [0.4, 0.5) is 4.39 Å². The number of nitrogens with one attached hydrogen (secondary N) is 1. The molecule has 0 amide bonds. The highest BCUT2D eigenvalue weighted by molar-refractivity contribution is 7.99. The SMILES string of the molecule is CCC(C)SCC(Cc1cc(F)ccc1Cl)NC. The van der Waals surface area contributed by atoms with Gasteiger partial charge in [-0.3, -0.25) is 0 Å². The quantitative estimate of drug-likeness (QED) is 0.809. The molecule has 2 unspecified atom stereocenters. The van der Waals surface area contributed by atoms with Crippen molar-refractivity contribution in [3.63, 3.8) is 0 Å². The molecule has 0 heterocycles. The van der Waals surface area contributed by atoms with Crippen molar-refractivity contribution in [2.75, 3.05) is 12.8 Å². The number of hydrogen-bond donors (Lipinski definition) is 1. The second-order valence-electron chi connectivity index (χ2n) is 4.48. The third-order valence-electron chi connectivity index (χ3n) is 3.04. The maximum Gasteiger partial charge on any atom is 0.123 e. The van der Waals surface area contributed by atoms with E-state index >= 15 is 0 Å². The molecule has 0 fully saturated rings. The molecule has 0 aliphatic carbocycles. The average molecular weight is 290 g/mol. The van der Waals surface area contributed by atoms with Crippen LogP contribution < -0.4 is 5.32 Å². The molecule has 0 aliphatic rings. The molecule has 0 bridgehead atoms. The zero-order chi connectivity index (χ0) is 13.5. The Hall–Kier alpha value is -0.250. The zero-order valence-corrected chi connectivity index (χ0v) is 12.7. The topological polar surface area (TPSA) is 12.0 Å². The van der Waals surface area contributed by atoms with E-state index in [0.717, 1.165) is 17.7 Å². The lowest BCUT2D eigenvalue weighted by atomic mass is 10.1. The van der Waals surface area contributed by atoms with Gasteiger partial charge in [-0.05, 0) is 43.7 Å². The van der Waals surface area contributed by atoms with Crippen LogP contribution in [0.5, 0.6) is 0 Å². The summed E-state index contributed by atoms with van der Waals surface area (Å²) < 4.78 is 13.2. The van der Waals surface area contributed by atoms with Crippen LogP contribution in [0.15, 0.2) is 18.2 Å². The van der Waals surface area contributed by atoms with Crippen LogP contribution in [0.3, 0.4) is 0 Å². The van der Waals surface area contributed by atoms with Gasteiger partial charge in [-0.2, -0.15) is 11.8 Å². The highest BCUT2D eigenvalue weighted by Crippen LogP contribution is 2.21. The average Bonchev–Trinajstić information content (AvgIpc) is 2.37. The monoisotopic (exact) mass is 289 g/mol. The lowest BCUT2D eigenvalue weighted by Gasteiger charge is -2.18. The van der Waals surface area contributed by atoms with Gasteiger partial charge in [0.15, 0.2) is 0 Å². The van der Waals surface area contributed by atoms with E-state index in [0.29, 0.717) is 16.3 Å². The van der Waals surface area contributed by atoms with Gasteiger partial charge in [-0.1, -0.05) is 25.4 Å².